The largest absolute Gasteiger partial charge is 0.496 e. The van der Waals surface area contributed by atoms with Gasteiger partial charge in [0.25, 0.3) is 0 Å². The summed E-state index contributed by atoms with van der Waals surface area (Å²) >= 11 is 6.10. The van der Waals surface area contributed by atoms with Gasteiger partial charge in [-0.05, 0) is 18.6 Å². The summed E-state index contributed by atoms with van der Waals surface area (Å²) in [5, 5.41) is 13.0. The van der Waals surface area contributed by atoms with Crippen molar-refractivity contribution < 1.29 is 9.84 Å². The van der Waals surface area contributed by atoms with Crippen molar-refractivity contribution in [2.75, 3.05) is 13.7 Å². The molecule has 0 aliphatic rings. The SMILES string of the molecule is CC[C@H](CO)NCc1c(Cl)cccc1OC. The lowest BCUT2D eigenvalue weighted by atomic mass is 10.1. The second-order valence-corrected chi connectivity index (χ2v) is 4.00. The number of nitrogens with one attached hydrogen (secondary N) is 1. The molecule has 3 nitrogen and oxygen atoms in total. The predicted molar refractivity (Wildman–Crippen MR) is 66.0 cm³/mol. The molecule has 1 aromatic carbocycles. The number of aliphatic hydroxyl groups is 1. The molecular weight excluding hydrogens is 226 g/mol. The van der Waals surface area contributed by atoms with Gasteiger partial charge in [0.15, 0.2) is 0 Å². The molecule has 0 radical (unpaired) electrons. The highest BCUT2D eigenvalue weighted by Crippen LogP contribution is 2.25. The average Bonchev–Trinajstić information content (AvgIpc) is 2.31. The zero-order valence-electron chi connectivity index (χ0n) is 9.66. The van der Waals surface area contributed by atoms with Crippen LogP contribution in [0, 0.1) is 0 Å². The van der Waals surface area contributed by atoms with E-state index in [9.17, 15) is 0 Å². The molecule has 1 rings (SSSR count). The Morgan fingerprint density at radius 1 is 1.50 bits per heavy atom. The van der Waals surface area contributed by atoms with E-state index in [0.29, 0.717) is 11.6 Å². The zero-order valence-corrected chi connectivity index (χ0v) is 10.4. The van der Waals surface area contributed by atoms with Crippen LogP contribution < -0.4 is 10.1 Å². The maximum Gasteiger partial charge on any atom is 0.124 e. The molecule has 0 aliphatic carbocycles. The van der Waals surface area contributed by atoms with Gasteiger partial charge in [-0.25, -0.2) is 0 Å². The number of hydrogen-bond acceptors (Lipinski definition) is 3. The molecule has 0 bridgehead atoms. The first-order valence-corrected chi connectivity index (χ1v) is 5.76. The predicted octanol–water partition coefficient (Wildman–Crippen LogP) is 2.21. The number of hydrogen-bond donors (Lipinski definition) is 2. The Labute approximate surface area is 101 Å². The third kappa shape index (κ3) is 3.37. The Hall–Kier alpha value is -0.770. The number of ether oxygens (including phenoxy) is 1. The van der Waals surface area contributed by atoms with Gasteiger partial charge in [0.2, 0.25) is 0 Å². The van der Waals surface area contributed by atoms with E-state index < -0.39 is 0 Å². The highest BCUT2D eigenvalue weighted by Gasteiger charge is 2.09. The van der Waals surface area contributed by atoms with Crippen LogP contribution in [-0.4, -0.2) is 24.9 Å². The van der Waals surface area contributed by atoms with Crippen molar-refractivity contribution in [3.8, 4) is 5.75 Å². The highest BCUT2D eigenvalue weighted by atomic mass is 35.5. The summed E-state index contributed by atoms with van der Waals surface area (Å²) in [6.45, 7) is 2.75. The highest BCUT2D eigenvalue weighted by molar-refractivity contribution is 6.31. The lowest BCUT2D eigenvalue weighted by Crippen LogP contribution is -2.31. The number of aliphatic hydroxyl groups excluding tert-OH is 1. The van der Waals surface area contributed by atoms with Crippen molar-refractivity contribution in [1.82, 2.24) is 5.32 Å². The smallest absolute Gasteiger partial charge is 0.124 e. The van der Waals surface area contributed by atoms with Gasteiger partial charge < -0.3 is 15.2 Å². The molecule has 0 aliphatic heterocycles. The summed E-state index contributed by atoms with van der Waals surface area (Å²) < 4.78 is 5.24. The van der Waals surface area contributed by atoms with Gasteiger partial charge in [0.05, 0.1) is 13.7 Å². The van der Waals surface area contributed by atoms with E-state index in [0.717, 1.165) is 17.7 Å². The van der Waals surface area contributed by atoms with Crippen LogP contribution in [0.15, 0.2) is 18.2 Å². The molecule has 16 heavy (non-hydrogen) atoms. The van der Waals surface area contributed by atoms with Crippen molar-refractivity contribution >= 4 is 11.6 Å². The van der Waals surface area contributed by atoms with E-state index in [1.54, 1.807) is 7.11 Å². The summed E-state index contributed by atoms with van der Waals surface area (Å²) in [6.07, 6.45) is 0.878. The fourth-order valence-electron chi connectivity index (χ4n) is 1.49. The minimum atomic E-state index is 0.0981. The van der Waals surface area contributed by atoms with E-state index in [-0.39, 0.29) is 12.6 Å². The Kier molecular flexibility index (Phi) is 5.60. The maximum absolute atomic E-state index is 9.07. The quantitative estimate of drug-likeness (QED) is 0.805. The first-order chi connectivity index (χ1) is 7.72. The van der Waals surface area contributed by atoms with Crippen LogP contribution in [0.2, 0.25) is 5.02 Å². The van der Waals surface area contributed by atoms with Gasteiger partial charge in [-0.3, -0.25) is 0 Å². The van der Waals surface area contributed by atoms with Crippen LogP contribution in [0.3, 0.4) is 0 Å². The first kappa shape index (κ1) is 13.3. The van der Waals surface area contributed by atoms with Crippen molar-refractivity contribution in [1.29, 1.82) is 0 Å². The standard InChI is InChI=1S/C12H18ClNO2/c1-3-9(8-15)14-7-10-11(13)5-4-6-12(10)16-2/h4-6,9,14-15H,3,7-8H2,1-2H3/t9-/m1/s1. The molecular formula is C12H18ClNO2. The Morgan fingerprint density at radius 2 is 2.25 bits per heavy atom. The molecule has 0 unspecified atom stereocenters. The average molecular weight is 244 g/mol. The molecule has 4 heteroatoms. The van der Waals surface area contributed by atoms with Crippen molar-refractivity contribution in [3.05, 3.63) is 28.8 Å². The minimum Gasteiger partial charge on any atom is -0.496 e. The Balaban J connectivity index is 2.72. The normalized spacial score (nSPS) is 12.5. The molecule has 0 saturated heterocycles. The molecule has 0 aromatic heterocycles. The summed E-state index contributed by atoms with van der Waals surface area (Å²) in [7, 11) is 1.62. The van der Waals surface area contributed by atoms with Crippen LogP contribution >= 0.6 is 11.6 Å². The van der Waals surface area contributed by atoms with E-state index in [4.69, 9.17) is 21.4 Å². The lowest BCUT2D eigenvalue weighted by molar-refractivity contribution is 0.238. The van der Waals surface area contributed by atoms with Crippen LogP contribution in [0.5, 0.6) is 5.75 Å². The van der Waals surface area contributed by atoms with Gasteiger partial charge >= 0.3 is 0 Å². The fourth-order valence-corrected chi connectivity index (χ4v) is 1.72. The van der Waals surface area contributed by atoms with E-state index in [2.05, 4.69) is 5.32 Å². The molecule has 0 spiro atoms. The van der Waals surface area contributed by atoms with Gasteiger partial charge in [-0.15, -0.1) is 0 Å². The molecule has 1 aromatic rings. The second-order valence-electron chi connectivity index (χ2n) is 3.59. The minimum absolute atomic E-state index is 0.0981. The molecule has 2 N–H and O–H groups in total. The monoisotopic (exact) mass is 243 g/mol. The summed E-state index contributed by atoms with van der Waals surface area (Å²) in [6, 6.07) is 5.67. The second kappa shape index (κ2) is 6.74. The lowest BCUT2D eigenvalue weighted by Gasteiger charge is -2.16. The molecule has 0 amide bonds. The van der Waals surface area contributed by atoms with E-state index in [1.807, 2.05) is 25.1 Å². The maximum atomic E-state index is 9.07. The third-order valence-corrected chi connectivity index (χ3v) is 2.93. The molecule has 1 atom stereocenters. The van der Waals surface area contributed by atoms with Gasteiger partial charge in [-0.2, -0.15) is 0 Å². The molecule has 0 saturated carbocycles. The zero-order chi connectivity index (χ0) is 12.0. The summed E-state index contributed by atoms with van der Waals surface area (Å²) in [5.41, 5.74) is 0.929. The number of halogens is 1. The number of benzene rings is 1. The van der Waals surface area contributed by atoms with Crippen LogP contribution in [0.25, 0.3) is 0 Å². The van der Waals surface area contributed by atoms with Crippen LogP contribution in [-0.2, 0) is 6.54 Å². The Morgan fingerprint density at radius 3 is 2.81 bits per heavy atom. The number of methoxy groups -OCH3 is 1. The van der Waals surface area contributed by atoms with E-state index in [1.165, 1.54) is 0 Å². The molecule has 90 valence electrons. The van der Waals surface area contributed by atoms with Crippen molar-refractivity contribution in [2.45, 2.75) is 25.9 Å². The van der Waals surface area contributed by atoms with E-state index >= 15 is 0 Å². The number of rotatable bonds is 6. The van der Waals surface area contributed by atoms with Crippen molar-refractivity contribution in [2.24, 2.45) is 0 Å². The molecule has 0 fully saturated rings. The third-order valence-electron chi connectivity index (χ3n) is 2.58. The summed E-state index contributed by atoms with van der Waals surface area (Å²) in [4.78, 5) is 0. The summed E-state index contributed by atoms with van der Waals surface area (Å²) in [5.74, 6) is 0.771. The Bertz CT molecular complexity index is 327. The topological polar surface area (TPSA) is 41.5 Å². The van der Waals surface area contributed by atoms with Gasteiger partial charge in [0.1, 0.15) is 5.75 Å². The fraction of sp³-hybridized carbons (Fsp3) is 0.500. The van der Waals surface area contributed by atoms with Gasteiger partial charge in [0, 0.05) is 23.2 Å². The van der Waals surface area contributed by atoms with Gasteiger partial charge in [-0.1, -0.05) is 24.6 Å². The van der Waals surface area contributed by atoms with Crippen molar-refractivity contribution in [3.63, 3.8) is 0 Å². The molecule has 0 heterocycles. The first-order valence-electron chi connectivity index (χ1n) is 5.38. The van der Waals surface area contributed by atoms with Crippen LogP contribution in [0.1, 0.15) is 18.9 Å². The van der Waals surface area contributed by atoms with Crippen LogP contribution in [0.4, 0.5) is 0 Å².